The first kappa shape index (κ1) is 21.7. The van der Waals surface area contributed by atoms with Crippen LogP contribution < -0.4 is 5.73 Å². The molecule has 2 saturated heterocycles. The number of rotatable bonds is 6. The molecule has 2 aromatic heterocycles. The number of hydrogen-bond donors (Lipinski definition) is 1. The monoisotopic (exact) mass is 445 g/mol. The van der Waals surface area contributed by atoms with Crippen molar-refractivity contribution in [3.63, 3.8) is 0 Å². The summed E-state index contributed by atoms with van der Waals surface area (Å²) in [5, 5.41) is 12.6. The average molecular weight is 446 g/mol. The van der Waals surface area contributed by atoms with Crippen LogP contribution in [0.25, 0.3) is 5.82 Å². The van der Waals surface area contributed by atoms with Crippen LogP contribution >= 0.6 is 0 Å². The van der Waals surface area contributed by atoms with Crippen LogP contribution in [-0.2, 0) is 0 Å². The molecule has 0 bridgehead atoms. The number of carbonyl (C=O) groups excluding carboxylic acids is 1. The van der Waals surface area contributed by atoms with Crippen molar-refractivity contribution in [2.24, 2.45) is 17.6 Å². The minimum absolute atomic E-state index is 0.0708. The number of aryl methyl sites for hydroxylation is 1. The van der Waals surface area contributed by atoms with E-state index in [2.05, 4.69) is 32.3 Å². The summed E-state index contributed by atoms with van der Waals surface area (Å²) >= 11 is 0. The molecule has 2 N–H and O–H groups in total. The lowest BCUT2D eigenvalue weighted by Crippen LogP contribution is -2.34. The Morgan fingerprint density at radius 1 is 1.06 bits per heavy atom. The SMILES string of the molecule is Cc1nn(-c2cccnn2)c(C)c1C(=O)N1CC2CN(CC[C@H](N)c3ccccc3)CC2C1. The van der Waals surface area contributed by atoms with E-state index in [9.17, 15) is 4.79 Å². The van der Waals surface area contributed by atoms with Gasteiger partial charge in [-0.3, -0.25) is 4.79 Å². The Bertz CT molecular complexity index is 1100. The molecule has 33 heavy (non-hydrogen) atoms. The highest BCUT2D eigenvalue weighted by molar-refractivity contribution is 5.96. The summed E-state index contributed by atoms with van der Waals surface area (Å²) in [7, 11) is 0. The summed E-state index contributed by atoms with van der Waals surface area (Å²) < 4.78 is 1.71. The Balaban J connectivity index is 1.19. The van der Waals surface area contributed by atoms with Crippen LogP contribution in [0.2, 0.25) is 0 Å². The van der Waals surface area contributed by atoms with E-state index >= 15 is 0 Å². The van der Waals surface area contributed by atoms with E-state index in [0.29, 0.717) is 23.2 Å². The minimum atomic E-state index is 0.0708. The minimum Gasteiger partial charge on any atom is -0.338 e. The highest BCUT2D eigenvalue weighted by Gasteiger charge is 2.42. The first-order chi connectivity index (χ1) is 16.0. The van der Waals surface area contributed by atoms with Crippen molar-refractivity contribution in [3.8, 4) is 5.82 Å². The van der Waals surface area contributed by atoms with Crippen LogP contribution in [0.15, 0.2) is 48.7 Å². The number of carbonyl (C=O) groups is 1. The van der Waals surface area contributed by atoms with E-state index < -0.39 is 0 Å². The van der Waals surface area contributed by atoms with Crippen LogP contribution in [0.4, 0.5) is 0 Å². The van der Waals surface area contributed by atoms with Gasteiger partial charge in [-0.1, -0.05) is 30.3 Å². The van der Waals surface area contributed by atoms with Gasteiger partial charge in [0.2, 0.25) is 0 Å². The second-order valence-corrected chi connectivity index (χ2v) is 9.34. The quantitative estimate of drug-likeness (QED) is 0.626. The summed E-state index contributed by atoms with van der Waals surface area (Å²) in [6, 6.07) is 14.0. The third-order valence-electron chi connectivity index (χ3n) is 7.11. The van der Waals surface area contributed by atoms with Crippen LogP contribution in [0, 0.1) is 25.7 Å². The largest absolute Gasteiger partial charge is 0.338 e. The molecule has 5 rings (SSSR count). The van der Waals surface area contributed by atoms with Crippen molar-refractivity contribution in [3.05, 3.63) is 71.2 Å². The van der Waals surface area contributed by atoms with E-state index in [1.54, 1.807) is 10.9 Å². The van der Waals surface area contributed by atoms with Gasteiger partial charge >= 0.3 is 0 Å². The molecule has 0 saturated carbocycles. The molecule has 2 aliphatic rings. The van der Waals surface area contributed by atoms with Crippen molar-refractivity contribution in [2.45, 2.75) is 26.3 Å². The first-order valence-electron chi connectivity index (χ1n) is 11.7. The van der Waals surface area contributed by atoms with Crippen LogP contribution in [-0.4, -0.2) is 68.4 Å². The third-order valence-corrected chi connectivity index (χ3v) is 7.11. The zero-order valence-electron chi connectivity index (χ0n) is 19.3. The lowest BCUT2D eigenvalue weighted by Gasteiger charge is -2.23. The summed E-state index contributed by atoms with van der Waals surface area (Å²) in [6.07, 6.45) is 2.58. The number of aromatic nitrogens is 4. The van der Waals surface area contributed by atoms with E-state index in [-0.39, 0.29) is 11.9 Å². The van der Waals surface area contributed by atoms with Crippen molar-refractivity contribution in [2.75, 3.05) is 32.7 Å². The fourth-order valence-corrected chi connectivity index (χ4v) is 5.37. The van der Waals surface area contributed by atoms with Gasteiger partial charge < -0.3 is 15.5 Å². The molecule has 8 heteroatoms. The Labute approximate surface area is 194 Å². The van der Waals surface area contributed by atoms with Crippen molar-refractivity contribution in [1.82, 2.24) is 29.8 Å². The van der Waals surface area contributed by atoms with Gasteiger partial charge in [-0.2, -0.15) is 10.2 Å². The molecule has 0 aliphatic carbocycles. The zero-order chi connectivity index (χ0) is 22.9. The molecule has 8 nitrogen and oxygen atoms in total. The number of benzene rings is 1. The van der Waals surface area contributed by atoms with Gasteiger partial charge in [-0.05, 0) is 56.3 Å². The number of likely N-dealkylation sites (tertiary alicyclic amines) is 2. The highest BCUT2D eigenvalue weighted by Crippen LogP contribution is 2.33. The Hall–Kier alpha value is -3.10. The molecule has 2 fully saturated rings. The number of nitrogens with zero attached hydrogens (tertiary/aromatic N) is 6. The van der Waals surface area contributed by atoms with Crippen molar-refractivity contribution < 1.29 is 4.79 Å². The number of nitrogens with two attached hydrogens (primary N) is 1. The molecule has 1 amide bonds. The third kappa shape index (κ3) is 4.28. The number of amides is 1. The topological polar surface area (TPSA) is 93.2 Å². The molecule has 172 valence electrons. The van der Waals surface area contributed by atoms with E-state index in [1.807, 2.05) is 49.1 Å². The second-order valence-electron chi connectivity index (χ2n) is 9.34. The van der Waals surface area contributed by atoms with Gasteiger partial charge in [0.05, 0.1) is 17.0 Å². The summed E-state index contributed by atoms with van der Waals surface area (Å²) in [5.74, 6) is 1.75. The van der Waals surface area contributed by atoms with Crippen LogP contribution in [0.1, 0.15) is 39.8 Å². The molecule has 1 aromatic carbocycles. The lowest BCUT2D eigenvalue weighted by molar-refractivity contribution is 0.0772. The predicted octanol–water partition coefficient (Wildman–Crippen LogP) is 2.37. The molecule has 2 aliphatic heterocycles. The first-order valence-corrected chi connectivity index (χ1v) is 11.7. The molecule has 2 unspecified atom stereocenters. The Morgan fingerprint density at radius 3 is 2.45 bits per heavy atom. The van der Waals surface area contributed by atoms with Gasteiger partial charge in [0, 0.05) is 38.4 Å². The predicted molar refractivity (Wildman–Crippen MR) is 126 cm³/mol. The van der Waals surface area contributed by atoms with Gasteiger partial charge in [0.25, 0.3) is 5.91 Å². The molecule has 3 aromatic rings. The van der Waals surface area contributed by atoms with E-state index in [0.717, 1.165) is 50.5 Å². The molecular weight excluding hydrogens is 414 g/mol. The summed E-state index contributed by atoms with van der Waals surface area (Å²) in [6.45, 7) is 8.50. The molecule has 0 radical (unpaired) electrons. The molecular formula is C25H31N7O. The maximum atomic E-state index is 13.4. The number of hydrogen-bond acceptors (Lipinski definition) is 6. The van der Waals surface area contributed by atoms with E-state index in [4.69, 9.17) is 5.73 Å². The maximum absolute atomic E-state index is 13.4. The van der Waals surface area contributed by atoms with Crippen LogP contribution in [0.3, 0.4) is 0 Å². The molecule has 0 spiro atoms. The average Bonchev–Trinajstić information content (AvgIpc) is 3.49. The Kier molecular flexibility index (Phi) is 5.95. The van der Waals surface area contributed by atoms with Gasteiger partial charge in [0.15, 0.2) is 5.82 Å². The maximum Gasteiger partial charge on any atom is 0.257 e. The fraction of sp³-hybridized carbons (Fsp3) is 0.440. The number of fused-ring (bicyclic) bond motifs is 1. The van der Waals surface area contributed by atoms with Gasteiger partial charge in [0.1, 0.15) is 0 Å². The Morgan fingerprint density at radius 2 is 1.79 bits per heavy atom. The summed E-state index contributed by atoms with van der Waals surface area (Å²) in [5.41, 5.74) is 9.82. The van der Waals surface area contributed by atoms with Gasteiger partial charge in [-0.15, -0.1) is 5.10 Å². The zero-order valence-corrected chi connectivity index (χ0v) is 19.3. The molecule has 3 atom stereocenters. The van der Waals surface area contributed by atoms with Crippen molar-refractivity contribution in [1.29, 1.82) is 0 Å². The van der Waals surface area contributed by atoms with E-state index in [1.165, 1.54) is 5.56 Å². The fourth-order valence-electron chi connectivity index (χ4n) is 5.37. The molecule has 4 heterocycles. The highest BCUT2D eigenvalue weighted by atomic mass is 16.2. The smallest absolute Gasteiger partial charge is 0.257 e. The standard InChI is InChI=1S/C25H31N7O/c1-17-24(18(2)32(29-17)23-9-6-11-27-28-23)25(33)31-15-20-13-30(14-21(20)16-31)12-10-22(26)19-7-4-3-5-8-19/h3-9,11,20-22H,10,12-16,26H2,1-2H3/t20?,21?,22-/m0/s1. The normalized spacial score (nSPS) is 21.4. The lowest BCUT2D eigenvalue weighted by atomic mass is 10.0. The van der Waals surface area contributed by atoms with Crippen LogP contribution in [0.5, 0.6) is 0 Å². The van der Waals surface area contributed by atoms with Gasteiger partial charge in [-0.25, -0.2) is 4.68 Å². The second kappa shape index (κ2) is 9.03. The van der Waals surface area contributed by atoms with Crippen molar-refractivity contribution >= 4 is 5.91 Å². The summed E-state index contributed by atoms with van der Waals surface area (Å²) in [4.78, 5) is 18.0.